The van der Waals surface area contributed by atoms with Crippen molar-refractivity contribution in [3.05, 3.63) is 11.8 Å². The van der Waals surface area contributed by atoms with Crippen molar-refractivity contribution in [2.45, 2.75) is 38.5 Å². The Kier molecular flexibility index (Phi) is 4.06. The minimum Gasteiger partial charge on any atom is -0.485 e. The number of hydrogen-bond donors (Lipinski definition) is 0. The van der Waals surface area contributed by atoms with Crippen LogP contribution in [-0.2, 0) is 19.1 Å². The highest BCUT2D eigenvalue weighted by atomic mass is 19.4. The standard InChI is InChI=1S/C13H15F3O4/c1-7(17)19-6-8-2-3-11-9(4-8)10(18)5-12(20-11)13(14,15)16/h5,8-9,11H,2-4,6H2,1H3. The van der Waals surface area contributed by atoms with Crippen LogP contribution in [0.25, 0.3) is 0 Å². The van der Waals surface area contributed by atoms with Crippen molar-refractivity contribution < 1.29 is 32.2 Å². The van der Waals surface area contributed by atoms with E-state index in [0.29, 0.717) is 25.3 Å². The molecule has 2 aliphatic rings. The smallest absolute Gasteiger partial charge is 0.449 e. The Morgan fingerprint density at radius 1 is 1.45 bits per heavy atom. The van der Waals surface area contributed by atoms with Gasteiger partial charge in [0, 0.05) is 13.0 Å². The summed E-state index contributed by atoms with van der Waals surface area (Å²) in [6, 6.07) is 0. The molecule has 0 radical (unpaired) electrons. The largest absolute Gasteiger partial charge is 0.485 e. The van der Waals surface area contributed by atoms with Gasteiger partial charge in [-0.1, -0.05) is 0 Å². The molecule has 2 rings (SSSR count). The molecule has 0 aromatic heterocycles. The zero-order valence-corrected chi connectivity index (χ0v) is 10.9. The zero-order chi connectivity index (χ0) is 14.9. The Labute approximate surface area is 113 Å². The average Bonchev–Trinajstić information content (AvgIpc) is 2.35. The predicted molar refractivity (Wildman–Crippen MR) is 61.5 cm³/mol. The fourth-order valence-corrected chi connectivity index (χ4v) is 2.64. The molecule has 0 N–H and O–H groups in total. The van der Waals surface area contributed by atoms with E-state index in [0.717, 1.165) is 0 Å². The second-order valence-electron chi connectivity index (χ2n) is 5.15. The molecular formula is C13H15F3O4. The summed E-state index contributed by atoms with van der Waals surface area (Å²) in [6.45, 7) is 1.49. The minimum atomic E-state index is -4.63. The Balaban J connectivity index is 2.02. The summed E-state index contributed by atoms with van der Waals surface area (Å²) < 4.78 is 47.5. The molecule has 0 aromatic rings. The summed E-state index contributed by atoms with van der Waals surface area (Å²) in [6.07, 6.45) is -3.50. The number of ether oxygens (including phenoxy) is 2. The Morgan fingerprint density at radius 3 is 2.75 bits per heavy atom. The van der Waals surface area contributed by atoms with E-state index >= 15 is 0 Å². The second kappa shape index (κ2) is 5.46. The van der Waals surface area contributed by atoms with Crippen molar-refractivity contribution in [3.8, 4) is 0 Å². The van der Waals surface area contributed by atoms with Crippen LogP contribution in [0.15, 0.2) is 11.8 Å². The normalized spacial score (nSPS) is 30.1. The highest BCUT2D eigenvalue weighted by Crippen LogP contribution is 2.40. The van der Waals surface area contributed by atoms with Crippen molar-refractivity contribution >= 4 is 11.8 Å². The first kappa shape index (κ1) is 14.9. The van der Waals surface area contributed by atoms with Crippen molar-refractivity contribution in [2.24, 2.45) is 11.8 Å². The summed E-state index contributed by atoms with van der Waals surface area (Å²) in [7, 11) is 0. The molecule has 1 heterocycles. The van der Waals surface area contributed by atoms with Gasteiger partial charge in [-0.05, 0) is 25.2 Å². The van der Waals surface area contributed by atoms with Gasteiger partial charge in [0.05, 0.1) is 12.5 Å². The van der Waals surface area contributed by atoms with Crippen LogP contribution >= 0.6 is 0 Å². The van der Waals surface area contributed by atoms with Crippen LogP contribution < -0.4 is 0 Å². The molecular weight excluding hydrogens is 277 g/mol. The molecule has 20 heavy (non-hydrogen) atoms. The fraction of sp³-hybridized carbons (Fsp3) is 0.692. The lowest BCUT2D eigenvalue weighted by Gasteiger charge is -2.37. The minimum absolute atomic E-state index is 0.00598. The molecule has 3 unspecified atom stereocenters. The molecule has 1 aliphatic carbocycles. The van der Waals surface area contributed by atoms with Gasteiger partial charge in [-0.25, -0.2) is 0 Å². The van der Waals surface area contributed by atoms with E-state index in [2.05, 4.69) is 0 Å². The average molecular weight is 292 g/mol. The number of fused-ring (bicyclic) bond motifs is 1. The summed E-state index contributed by atoms with van der Waals surface area (Å²) in [5.41, 5.74) is 0. The predicted octanol–water partition coefficient (Wildman–Crippen LogP) is 2.38. The van der Waals surface area contributed by atoms with Crippen LogP contribution in [0.1, 0.15) is 26.2 Å². The highest BCUT2D eigenvalue weighted by molar-refractivity contribution is 5.93. The maximum absolute atomic E-state index is 12.6. The molecule has 112 valence electrons. The van der Waals surface area contributed by atoms with Gasteiger partial charge in [0.2, 0.25) is 5.76 Å². The third-order valence-corrected chi connectivity index (χ3v) is 3.61. The van der Waals surface area contributed by atoms with E-state index < -0.39 is 35.7 Å². The van der Waals surface area contributed by atoms with Gasteiger partial charge < -0.3 is 9.47 Å². The van der Waals surface area contributed by atoms with Crippen molar-refractivity contribution in [1.82, 2.24) is 0 Å². The fourth-order valence-electron chi connectivity index (χ4n) is 2.64. The van der Waals surface area contributed by atoms with Crippen LogP contribution in [0.2, 0.25) is 0 Å². The summed E-state index contributed by atoms with van der Waals surface area (Å²) in [5, 5.41) is 0. The molecule has 4 nitrogen and oxygen atoms in total. The summed E-state index contributed by atoms with van der Waals surface area (Å²) in [5.74, 6) is -2.75. The first-order valence-corrected chi connectivity index (χ1v) is 6.40. The number of alkyl halides is 3. The van der Waals surface area contributed by atoms with Gasteiger partial charge in [-0.3, -0.25) is 9.59 Å². The van der Waals surface area contributed by atoms with Crippen molar-refractivity contribution in [3.63, 3.8) is 0 Å². The van der Waals surface area contributed by atoms with Gasteiger partial charge in [0.25, 0.3) is 0 Å². The molecule has 0 saturated heterocycles. The number of carbonyl (C=O) groups excluding carboxylic acids is 2. The topological polar surface area (TPSA) is 52.6 Å². The lowest BCUT2D eigenvalue weighted by Crippen LogP contribution is -2.42. The number of esters is 1. The number of ketones is 1. The van der Waals surface area contributed by atoms with Crippen molar-refractivity contribution in [1.29, 1.82) is 0 Å². The van der Waals surface area contributed by atoms with E-state index in [1.165, 1.54) is 6.92 Å². The van der Waals surface area contributed by atoms with Crippen LogP contribution in [0.5, 0.6) is 0 Å². The molecule has 0 bridgehead atoms. The van der Waals surface area contributed by atoms with E-state index in [1.807, 2.05) is 0 Å². The molecule has 1 fully saturated rings. The van der Waals surface area contributed by atoms with Gasteiger partial charge in [0.1, 0.15) is 6.10 Å². The lowest BCUT2D eigenvalue weighted by molar-refractivity contribution is -0.162. The van der Waals surface area contributed by atoms with Crippen LogP contribution in [0.4, 0.5) is 13.2 Å². The van der Waals surface area contributed by atoms with E-state index in [4.69, 9.17) is 9.47 Å². The van der Waals surface area contributed by atoms with E-state index in [-0.39, 0.29) is 12.5 Å². The molecule has 1 aliphatic heterocycles. The molecule has 0 spiro atoms. The number of hydrogen-bond acceptors (Lipinski definition) is 4. The Bertz CT molecular complexity index is 441. The molecule has 3 atom stereocenters. The van der Waals surface area contributed by atoms with E-state index in [1.54, 1.807) is 0 Å². The first-order valence-electron chi connectivity index (χ1n) is 6.40. The maximum atomic E-state index is 12.6. The van der Waals surface area contributed by atoms with Crippen LogP contribution in [0.3, 0.4) is 0 Å². The number of rotatable bonds is 2. The number of allylic oxidation sites excluding steroid dienone is 2. The second-order valence-corrected chi connectivity index (χ2v) is 5.15. The highest BCUT2D eigenvalue weighted by Gasteiger charge is 2.46. The SMILES string of the molecule is CC(=O)OCC1CCC2OC(C(F)(F)F)=CC(=O)C2C1. The van der Waals surface area contributed by atoms with Crippen LogP contribution in [0, 0.1) is 11.8 Å². The third-order valence-electron chi connectivity index (χ3n) is 3.61. The number of halogens is 3. The Hall–Kier alpha value is -1.53. The van der Waals surface area contributed by atoms with Gasteiger partial charge in [-0.2, -0.15) is 13.2 Å². The monoisotopic (exact) mass is 292 g/mol. The third kappa shape index (κ3) is 3.32. The maximum Gasteiger partial charge on any atom is 0.449 e. The van der Waals surface area contributed by atoms with Gasteiger partial charge >= 0.3 is 12.1 Å². The summed E-state index contributed by atoms with van der Waals surface area (Å²) >= 11 is 0. The molecule has 0 amide bonds. The number of carbonyl (C=O) groups is 2. The Morgan fingerprint density at radius 2 is 2.15 bits per heavy atom. The molecule has 1 saturated carbocycles. The van der Waals surface area contributed by atoms with E-state index in [9.17, 15) is 22.8 Å². The zero-order valence-electron chi connectivity index (χ0n) is 10.9. The van der Waals surface area contributed by atoms with Crippen molar-refractivity contribution in [2.75, 3.05) is 6.61 Å². The van der Waals surface area contributed by atoms with Crippen LogP contribution in [-0.4, -0.2) is 30.6 Å². The van der Waals surface area contributed by atoms with Gasteiger partial charge in [-0.15, -0.1) is 0 Å². The summed E-state index contributed by atoms with van der Waals surface area (Å²) in [4.78, 5) is 22.5. The first-order chi connectivity index (χ1) is 9.27. The molecule has 7 heteroatoms. The van der Waals surface area contributed by atoms with Gasteiger partial charge in [0.15, 0.2) is 5.78 Å². The lowest BCUT2D eigenvalue weighted by atomic mass is 9.76. The quantitative estimate of drug-likeness (QED) is 0.733. The molecule has 0 aromatic carbocycles.